The van der Waals surface area contributed by atoms with E-state index in [9.17, 15) is 4.39 Å². The molecule has 0 bridgehead atoms. The molecule has 2 heteroatoms. The molecule has 2 rings (SSSR count). The van der Waals surface area contributed by atoms with Crippen LogP contribution in [-0.2, 0) is 7.05 Å². The van der Waals surface area contributed by atoms with Gasteiger partial charge in [-0.1, -0.05) is 0 Å². The zero-order valence-electron chi connectivity index (χ0n) is 7.13. The molecule has 1 nitrogen and oxygen atoms in total. The van der Waals surface area contributed by atoms with Gasteiger partial charge in [-0.2, -0.15) is 0 Å². The fraction of sp³-hybridized carbons (Fsp3) is 0.200. The van der Waals surface area contributed by atoms with Gasteiger partial charge in [0.05, 0.1) is 5.52 Å². The van der Waals surface area contributed by atoms with Crippen molar-refractivity contribution in [2.24, 2.45) is 7.05 Å². The molecule has 62 valence electrons. The van der Waals surface area contributed by atoms with Crippen molar-refractivity contribution in [1.29, 1.82) is 0 Å². The van der Waals surface area contributed by atoms with E-state index in [0.717, 1.165) is 16.5 Å². The number of hydrogen-bond acceptors (Lipinski definition) is 0. The van der Waals surface area contributed by atoms with Gasteiger partial charge in [0.25, 0.3) is 0 Å². The summed E-state index contributed by atoms with van der Waals surface area (Å²) in [6, 6.07) is 5.04. The second-order valence-corrected chi connectivity index (χ2v) is 3.09. The van der Waals surface area contributed by atoms with Crippen molar-refractivity contribution < 1.29 is 4.39 Å². The first-order chi connectivity index (χ1) is 5.68. The Labute approximate surface area is 70.4 Å². The van der Waals surface area contributed by atoms with Crippen LogP contribution in [0.2, 0.25) is 0 Å². The van der Waals surface area contributed by atoms with Crippen LogP contribution in [0.5, 0.6) is 0 Å². The number of halogens is 1. The first-order valence-electron chi connectivity index (χ1n) is 3.89. The molecule has 1 heterocycles. The van der Waals surface area contributed by atoms with Crippen molar-refractivity contribution in [2.45, 2.75) is 6.92 Å². The van der Waals surface area contributed by atoms with Crippen LogP contribution in [0.1, 0.15) is 5.56 Å². The maximum absolute atomic E-state index is 12.9. The summed E-state index contributed by atoms with van der Waals surface area (Å²) in [7, 11) is 1.97. The number of hydrogen-bond donors (Lipinski definition) is 0. The molecule has 0 saturated carbocycles. The summed E-state index contributed by atoms with van der Waals surface area (Å²) >= 11 is 0. The predicted octanol–water partition coefficient (Wildman–Crippen LogP) is 2.63. The maximum atomic E-state index is 12.9. The van der Waals surface area contributed by atoms with E-state index in [1.54, 1.807) is 12.1 Å². The zero-order chi connectivity index (χ0) is 8.72. The van der Waals surface area contributed by atoms with Gasteiger partial charge in [0.2, 0.25) is 0 Å². The molecule has 1 aromatic heterocycles. The van der Waals surface area contributed by atoms with Crippen molar-refractivity contribution in [2.75, 3.05) is 0 Å². The van der Waals surface area contributed by atoms with Crippen LogP contribution in [0.15, 0.2) is 24.4 Å². The Morgan fingerprint density at radius 2 is 2.08 bits per heavy atom. The Hall–Kier alpha value is -1.31. The number of rotatable bonds is 0. The molecule has 1 aromatic carbocycles. The molecule has 0 atom stereocenters. The number of aryl methyl sites for hydroxylation is 2. The molecule has 2 aromatic rings. The fourth-order valence-corrected chi connectivity index (χ4v) is 1.64. The molecule has 0 N–H and O–H groups in total. The SMILES string of the molecule is Cc1cc(F)cc2ccn(C)c12. The second-order valence-electron chi connectivity index (χ2n) is 3.09. The molecular formula is C10H10FN. The first kappa shape index (κ1) is 7.35. The van der Waals surface area contributed by atoms with Crippen LogP contribution in [0.25, 0.3) is 10.9 Å². The van der Waals surface area contributed by atoms with Crippen molar-refractivity contribution in [1.82, 2.24) is 4.57 Å². The first-order valence-corrected chi connectivity index (χ1v) is 3.89. The monoisotopic (exact) mass is 163 g/mol. The van der Waals surface area contributed by atoms with E-state index in [0.29, 0.717) is 0 Å². The summed E-state index contributed by atoms with van der Waals surface area (Å²) in [5.41, 5.74) is 2.09. The van der Waals surface area contributed by atoms with E-state index < -0.39 is 0 Å². The lowest BCUT2D eigenvalue weighted by Gasteiger charge is -2.00. The number of nitrogens with zero attached hydrogens (tertiary/aromatic N) is 1. The van der Waals surface area contributed by atoms with Crippen molar-refractivity contribution in [3.8, 4) is 0 Å². The lowest BCUT2D eigenvalue weighted by molar-refractivity contribution is 0.628. The van der Waals surface area contributed by atoms with Crippen LogP contribution in [0.4, 0.5) is 4.39 Å². The molecule has 0 saturated heterocycles. The van der Waals surface area contributed by atoms with Crippen LogP contribution < -0.4 is 0 Å². The van der Waals surface area contributed by atoms with Crippen molar-refractivity contribution in [3.05, 3.63) is 35.8 Å². The van der Waals surface area contributed by atoms with Gasteiger partial charge in [-0.15, -0.1) is 0 Å². The van der Waals surface area contributed by atoms with Crippen molar-refractivity contribution >= 4 is 10.9 Å². The van der Waals surface area contributed by atoms with Gasteiger partial charge >= 0.3 is 0 Å². The molecule has 0 aliphatic heterocycles. The third-order valence-corrected chi connectivity index (χ3v) is 2.13. The Morgan fingerprint density at radius 3 is 2.83 bits per heavy atom. The summed E-state index contributed by atoms with van der Waals surface area (Å²) in [6.45, 7) is 1.92. The lowest BCUT2D eigenvalue weighted by Crippen LogP contribution is -1.88. The topological polar surface area (TPSA) is 4.93 Å². The molecular weight excluding hydrogens is 153 g/mol. The Morgan fingerprint density at radius 1 is 1.33 bits per heavy atom. The minimum absolute atomic E-state index is 0.161. The molecule has 0 spiro atoms. The van der Waals surface area contributed by atoms with Gasteiger partial charge < -0.3 is 4.57 Å². The highest BCUT2D eigenvalue weighted by Crippen LogP contribution is 2.20. The standard InChI is InChI=1S/C10H10FN/c1-7-5-9(11)6-8-3-4-12(2)10(7)8/h3-6H,1-2H3. The lowest BCUT2D eigenvalue weighted by atomic mass is 10.1. The Balaban J connectivity index is 2.93. The van der Waals surface area contributed by atoms with Gasteiger partial charge in [0.15, 0.2) is 0 Å². The van der Waals surface area contributed by atoms with Gasteiger partial charge in [-0.25, -0.2) is 4.39 Å². The average Bonchev–Trinajstić information content (AvgIpc) is 2.31. The van der Waals surface area contributed by atoms with E-state index >= 15 is 0 Å². The summed E-state index contributed by atoms with van der Waals surface area (Å²) in [6.07, 6.45) is 1.94. The Bertz CT molecular complexity index is 429. The number of fused-ring (bicyclic) bond motifs is 1. The molecule has 0 amide bonds. The van der Waals surface area contributed by atoms with Gasteiger partial charge in [-0.05, 0) is 30.7 Å². The van der Waals surface area contributed by atoms with Crippen LogP contribution in [-0.4, -0.2) is 4.57 Å². The minimum Gasteiger partial charge on any atom is -0.350 e. The highest BCUT2D eigenvalue weighted by molar-refractivity contribution is 5.83. The highest BCUT2D eigenvalue weighted by Gasteiger charge is 2.02. The summed E-state index contributed by atoms with van der Waals surface area (Å²) in [5.74, 6) is -0.161. The zero-order valence-corrected chi connectivity index (χ0v) is 7.13. The van der Waals surface area contributed by atoms with Gasteiger partial charge in [-0.3, -0.25) is 0 Å². The third-order valence-electron chi connectivity index (χ3n) is 2.13. The minimum atomic E-state index is -0.161. The van der Waals surface area contributed by atoms with Gasteiger partial charge in [0.1, 0.15) is 5.82 Å². The van der Waals surface area contributed by atoms with Crippen LogP contribution >= 0.6 is 0 Å². The molecule has 0 aliphatic rings. The normalized spacial score (nSPS) is 10.9. The van der Waals surface area contributed by atoms with Crippen molar-refractivity contribution in [3.63, 3.8) is 0 Å². The molecule has 0 aliphatic carbocycles. The maximum Gasteiger partial charge on any atom is 0.124 e. The fourth-order valence-electron chi connectivity index (χ4n) is 1.64. The van der Waals surface area contributed by atoms with Crippen LogP contribution in [0, 0.1) is 12.7 Å². The Kier molecular flexibility index (Phi) is 1.43. The highest BCUT2D eigenvalue weighted by atomic mass is 19.1. The van der Waals surface area contributed by atoms with E-state index in [2.05, 4.69) is 0 Å². The quantitative estimate of drug-likeness (QED) is 0.562. The number of benzene rings is 1. The van der Waals surface area contributed by atoms with E-state index in [4.69, 9.17) is 0 Å². The molecule has 0 unspecified atom stereocenters. The summed E-state index contributed by atoms with van der Waals surface area (Å²) in [4.78, 5) is 0. The van der Waals surface area contributed by atoms with Gasteiger partial charge in [0, 0.05) is 18.6 Å². The predicted molar refractivity (Wildman–Crippen MR) is 47.6 cm³/mol. The molecule has 0 radical (unpaired) electrons. The molecule has 12 heavy (non-hydrogen) atoms. The van der Waals surface area contributed by atoms with E-state index in [1.165, 1.54) is 0 Å². The third kappa shape index (κ3) is 0.916. The smallest absolute Gasteiger partial charge is 0.124 e. The van der Waals surface area contributed by atoms with E-state index in [-0.39, 0.29) is 5.82 Å². The largest absolute Gasteiger partial charge is 0.350 e. The number of aromatic nitrogens is 1. The van der Waals surface area contributed by atoms with E-state index in [1.807, 2.05) is 30.8 Å². The second kappa shape index (κ2) is 2.34. The molecule has 0 fully saturated rings. The van der Waals surface area contributed by atoms with Crippen LogP contribution in [0.3, 0.4) is 0 Å². The average molecular weight is 163 g/mol. The summed E-state index contributed by atoms with van der Waals surface area (Å²) < 4.78 is 14.9. The summed E-state index contributed by atoms with van der Waals surface area (Å²) in [5, 5.41) is 0.968.